The van der Waals surface area contributed by atoms with Crippen molar-refractivity contribution in [1.29, 1.82) is 0 Å². The molecule has 1 aromatic rings. The number of nitrogens with two attached hydrogens (primary N) is 1. The Morgan fingerprint density at radius 2 is 2.13 bits per heavy atom. The lowest BCUT2D eigenvalue weighted by molar-refractivity contribution is 0.252. The highest BCUT2D eigenvalue weighted by atomic mass is 32.2. The molecule has 1 saturated carbocycles. The summed E-state index contributed by atoms with van der Waals surface area (Å²) in [6.07, 6.45) is 2.88. The van der Waals surface area contributed by atoms with Gasteiger partial charge >= 0.3 is 0 Å². The SMILES string of the molecule is NC1(Cc2cccc(SC(F)F)c2)CC1. The van der Waals surface area contributed by atoms with Gasteiger partial charge in [-0.05, 0) is 37.0 Å². The minimum absolute atomic E-state index is 0.0614. The zero-order chi connectivity index (χ0) is 10.9. The molecule has 82 valence electrons. The van der Waals surface area contributed by atoms with Crippen LogP contribution in [0.2, 0.25) is 0 Å². The highest BCUT2D eigenvalue weighted by Gasteiger charge is 2.37. The summed E-state index contributed by atoms with van der Waals surface area (Å²) in [5.74, 6) is -2.35. The van der Waals surface area contributed by atoms with Crippen LogP contribution in [0.25, 0.3) is 0 Å². The predicted molar refractivity (Wildman–Crippen MR) is 58.2 cm³/mol. The van der Waals surface area contributed by atoms with Crippen LogP contribution >= 0.6 is 11.8 Å². The molecule has 1 fully saturated rings. The summed E-state index contributed by atoms with van der Waals surface area (Å²) in [4.78, 5) is 0.617. The Hall–Kier alpha value is -0.610. The number of hydrogen-bond donors (Lipinski definition) is 1. The third kappa shape index (κ3) is 3.18. The molecule has 0 bridgehead atoms. The minimum Gasteiger partial charge on any atom is -0.325 e. The molecule has 1 aliphatic rings. The maximum absolute atomic E-state index is 12.1. The van der Waals surface area contributed by atoms with E-state index in [1.807, 2.05) is 18.2 Å². The molecule has 0 radical (unpaired) electrons. The van der Waals surface area contributed by atoms with E-state index >= 15 is 0 Å². The molecule has 0 spiro atoms. The van der Waals surface area contributed by atoms with Crippen molar-refractivity contribution < 1.29 is 8.78 Å². The van der Waals surface area contributed by atoms with Crippen molar-refractivity contribution in [2.75, 3.05) is 0 Å². The number of hydrogen-bond acceptors (Lipinski definition) is 2. The van der Waals surface area contributed by atoms with E-state index in [1.165, 1.54) is 0 Å². The molecule has 0 amide bonds. The van der Waals surface area contributed by atoms with Crippen molar-refractivity contribution in [2.24, 2.45) is 5.73 Å². The van der Waals surface area contributed by atoms with E-state index in [-0.39, 0.29) is 5.54 Å². The minimum atomic E-state index is -2.35. The lowest BCUT2D eigenvalue weighted by atomic mass is 10.1. The number of halogens is 2. The fourth-order valence-electron chi connectivity index (χ4n) is 1.58. The van der Waals surface area contributed by atoms with Crippen molar-refractivity contribution in [3.8, 4) is 0 Å². The Bertz CT molecular complexity index is 350. The van der Waals surface area contributed by atoms with Crippen molar-refractivity contribution in [2.45, 2.75) is 35.5 Å². The Kier molecular flexibility index (Phi) is 2.98. The Morgan fingerprint density at radius 1 is 1.40 bits per heavy atom. The Labute approximate surface area is 92.0 Å². The molecular formula is C11H13F2NS. The van der Waals surface area contributed by atoms with Crippen LogP contribution in [-0.2, 0) is 6.42 Å². The summed E-state index contributed by atoms with van der Waals surface area (Å²) >= 11 is 0.585. The molecule has 2 N–H and O–H groups in total. The lowest BCUT2D eigenvalue weighted by Crippen LogP contribution is -2.24. The molecule has 0 aromatic heterocycles. The second-order valence-corrected chi connectivity index (χ2v) is 5.13. The topological polar surface area (TPSA) is 26.0 Å². The number of rotatable bonds is 4. The van der Waals surface area contributed by atoms with E-state index in [1.54, 1.807) is 6.07 Å². The Morgan fingerprint density at radius 3 is 2.73 bits per heavy atom. The van der Waals surface area contributed by atoms with E-state index in [0.29, 0.717) is 16.7 Å². The van der Waals surface area contributed by atoms with Crippen LogP contribution in [0.4, 0.5) is 8.78 Å². The maximum atomic E-state index is 12.1. The normalized spacial score (nSPS) is 18.1. The average Bonchev–Trinajstić information content (AvgIpc) is 2.82. The van der Waals surface area contributed by atoms with Crippen molar-refractivity contribution >= 4 is 11.8 Å². The average molecular weight is 229 g/mol. The van der Waals surface area contributed by atoms with Gasteiger partial charge in [0.15, 0.2) is 0 Å². The van der Waals surface area contributed by atoms with Gasteiger partial charge in [-0.15, -0.1) is 0 Å². The second-order valence-electron chi connectivity index (χ2n) is 4.07. The third-order valence-electron chi connectivity index (χ3n) is 2.57. The zero-order valence-corrected chi connectivity index (χ0v) is 9.07. The van der Waals surface area contributed by atoms with Crippen LogP contribution in [0, 0.1) is 0 Å². The molecule has 4 heteroatoms. The molecule has 1 aliphatic carbocycles. The summed E-state index contributed by atoms with van der Waals surface area (Å²) in [5, 5.41) is 0. The number of alkyl halides is 2. The highest BCUT2D eigenvalue weighted by Crippen LogP contribution is 2.36. The zero-order valence-electron chi connectivity index (χ0n) is 8.25. The summed E-state index contributed by atoms with van der Waals surface area (Å²) in [6, 6.07) is 7.27. The van der Waals surface area contributed by atoms with Gasteiger partial charge in [-0.3, -0.25) is 0 Å². The summed E-state index contributed by atoms with van der Waals surface area (Å²) in [7, 11) is 0. The molecule has 0 aliphatic heterocycles. The fraction of sp³-hybridized carbons (Fsp3) is 0.455. The first kappa shape index (κ1) is 10.9. The number of thioether (sulfide) groups is 1. The summed E-state index contributed by atoms with van der Waals surface area (Å²) < 4.78 is 24.3. The molecular weight excluding hydrogens is 216 g/mol. The van der Waals surface area contributed by atoms with Gasteiger partial charge in [-0.2, -0.15) is 8.78 Å². The molecule has 0 saturated heterocycles. The van der Waals surface area contributed by atoms with E-state index in [4.69, 9.17) is 5.73 Å². The molecule has 0 atom stereocenters. The first-order chi connectivity index (χ1) is 7.07. The van der Waals surface area contributed by atoms with E-state index < -0.39 is 5.76 Å². The van der Waals surface area contributed by atoms with Gasteiger partial charge in [0.2, 0.25) is 0 Å². The van der Waals surface area contributed by atoms with Crippen molar-refractivity contribution in [3.05, 3.63) is 29.8 Å². The van der Waals surface area contributed by atoms with E-state index in [0.717, 1.165) is 24.8 Å². The van der Waals surface area contributed by atoms with Gasteiger partial charge in [0, 0.05) is 10.4 Å². The molecule has 2 rings (SSSR count). The molecule has 1 aromatic carbocycles. The third-order valence-corrected chi connectivity index (χ3v) is 3.28. The van der Waals surface area contributed by atoms with Gasteiger partial charge in [0.25, 0.3) is 5.76 Å². The van der Waals surface area contributed by atoms with Crippen LogP contribution in [0.15, 0.2) is 29.2 Å². The van der Waals surface area contributed by atoms with Crippen molar-refractivity contribution in [1.82, 2.24) is 0 Å². The van der Waals surface area contributed by atoms with Crippen LogP contribution in [0.1, 0.15) is 18.4 Å². The largest absolute Gasteiger partial charge is 0.325 e. The van der Waals surface area contributed by atoms with E-state index in [9.17, 15) is 8.78 Å². The van der Waals surface area contributed by atoms with Gasteiger partial charge in [0.1, 0.15) is 0 Å². The molecule has 0 heterocycles. The van der Waals surface area contributed by atoms with Crippen molar-refractivity contribution in [3.63, 3.8) is 0 Å². The van der Waals surface area contributed by atoms with Crippen LogP contribution in [0.5, 0.6) is 0 Å². The van der Waals surface area contributed by atoms with Gasteiger partial charge < -0.3 is 5.73 Å². The number of benzene rings is 1. The van der Waals surface area contributed by atoms with Crippen LogP contribution in [0.3, 0.4) is 0 Å². The van der Waals surface area contributed by atoms with Crippen LogP contribution in [-0.4, -0.2) is 11.3 Å². The quantitative estimate of drug-likeness (QED) is 0.803. The molecule has 15 heavy (non-hydrogen) atoms. The first-order valence-corrected chi connectivity index (χ1v) is 5.78. The summed E-state index contributed by atoms with van der Waals surface area (Å²) in [6.45, 7) is 0. The smallest absolute Gasteiger partial charge is 0.288 e. The molecule has 0 unspecified atom stereocenters. The fourth-order valence-corrected chi connectivity index (χ4v) is 2.16. The Balaban J connectivity index is 2.05. The highest BCUT2D eigenvalue weighted by molar-refractivity contribution is 7.99. The monoisotopic (exact) mass is 229 g/mol. The maximum Gasteiger partial charge on any atom is 0.288 e. The van der Waals surface area contributed by atoms with Gasteiger partial charge in [-0.1, -0.05) is 23.9 Å². The molecule has 1 nitrogen and oxygen atoms in total. The second kappa shape index (κ2) is 4.10. The summed E-state index contributed by atoms with van der Waals surface area (Å²) in [5.41, 5.74) is 6.97. The standard InChI is InChI=1S/C11H13F2NS/c12-10(13)15-9-3-1-2-8(6-9)7-11(14)4-5-11/h1-3,6,10H,4-5,7,14H2. The van der Waals surface area contributed by atoms with Gasteiger partial charge in [-0.25, -0.2) is 0 Å². The first-order valence-electron chi connectivity index (χ1n) is 4.90. The van der Waals surface area contributed by atoms with E-state index in [2.05, 4.69) is 0 Å². The van der Waals surface area contributed by atoms with Gasteiger partial charge in [0.05, 0.1) is 0 Å². The lowest BCUT2D eigenvalue weighted by Gasteiger charge is -2.09. The van der Waals surface area contributed by atoms with Crippen LogP contribution < -0.4 is 5.73 Å². The predicted octanol–water partition coefficient (Wildman–Crippen LogP) is 3.04.